The number of piperidine rings is 1. The number of likely N-dealkylation sites (tertiary alicyclic amines) is 1. The molecule has 1 heterocycles. The van der Waals surface area contributed by atoms with Crippen molar-refractivity contribution < 1.29 is 5.11 Å². The molecule has 0 bridgehead atoms. The number of hydrogen-bond donors (Lipinski definition) is 1. The lowest BCUT2D eigenvalue weighted by Gasteiger charge is -2.36. The molecule has 124 valence electrons. The predicted octanol–water partition coefficient (Wildman–Crippen LogP) is 2.71. The van der Waals surface area contributed by atoms with Gasteiger partial charge in [0.25, 0.3) is 0 Å². The number of aliphatic hydroxyl groups excluding tert-OH is 1. The number of hydrogen-bond acceptors (Lipinski definition) is 3. The van der Waals surface area contributed by atoms with E-state index in [9.17, 15) is 0 Å². The molecule has 0 radical (unpaired) electrons. The van der Waals surface area contributed by atoms with Crippen molar-refractivity contribution in [1.82, 2.24) is 9.80 Å². The van der Waals surface area contributed by atoms with Gasteiger partial charge in [0.2, 0.25) is 0 Å². The molecule has 0 saturated carbocycles. The first-order chi connectivity index (χ1) is 10.7. The van der Waals surface area contributed by atoms with E-state index in [-0.39, 0.29) is 0 Å². The van der Waals surface area contributed by atoms with Crippen LogP contribution in [0.5, 0.6) is 0 Å². The van der Waals surface area contributed by atoms with Crippen LogP contribution in [0.15, 0.2) is 24.3 Å². The van der Waals surface area contributed by atoms with Gasteiger partial charge in [0.15, 0.2) is 0 Å². The van der Waals surface area contributed by atoms with Crippen LogP contribution in [-0.2, 0) is 6.42 Å². The second kappa shape index (κ2) is 9.29. The van der Waals surface area contributed by atoms with Crippen molar-refractivity contribution in [2.45, 2.75) is 45.1 Å². The maximum Gasteiger partial charge on any atom is 0.0443 e. The summed E-state index contributed by atoms with van der Waals surface area (Å²) in [5.74, 6) is 0. The number of nitrogens with zero attached hydrogens (tertiary/aromatic N) is 2. The van der Waals surface area contributed by atoms with Crippen LogP contribution in [0.4, 0.5) is 0 Å². The molecule has 0 aliphatic carbocycles. The van der Waals surface area contributed by atoms with Crippen LogP contribution < -0.4 is 0 Å². The molecule has 22 heavy (non-hydrogen) atoms. The van der Waals surface area contributed by atoms with E-state index in [4.69, 9.17) is 5.11 Å². The highest BCUT2D eigenvalue weighted by atomic mass is 16.3. The van der Waals surface area contributed by atoms with E-state index >= 15 is 0 Å². The molecule has 0 unspecified atom stereocenters. The average molecular weight is 304 g/mol. The summed E-state index contributed by atoms with van der Waals surface area (Å²) < 4.78 is 0. The molecule has 0 aromatic heterocycles. The molecule has 0 spiro atoms. The van der Waals surface area contributed by atoms with E-state index in [0.29, 0.717) is 12.6 Å². The second-order valence-electron chi connectivity index (χ2n) is 6.72. The molecule has 1 N–H and O–H groups in total. The largest absolute Gasteiger partial charge is 0.396 e. The Bertz CT molecular complexity index is 427. The van der Waals surface area contributed by atoms with Gasteiger partial charge >= 0.3 is 0 Å². The molecule has 1 aromatic rings. The van der Waals surface area contributed by atoms with E-state index in [1.54, 1.807) is 0 Å². The van der Waals surface area contributed by atoms with Crippen molar-refractivity contribution in [2.24, 2.45) is 0 Å². The van der Waals surface area contributed by atoms with Crippen LogP contribution in [0.3, 0.4) is 0 Å². The topological polar surface area (TPSA) is 26.7 Å². The van der Waals surface area contributed by atoms with Crippen molar-refractivity contribution in [1.29, 1.82) is 0 Å². The third-order valence-electron chi connectivity index (χ3n) is 4.87. The summed E-state index contributed by atoms with van der Waals surface area (Å²) in [7, 11) is 2.20. The minimum absolute atomic E-state index is 0.308. The Morgan fingerprint density at radius 3 is 2.68 bits per heavy atom. The molecule has 3 nitrogen and oxygen atoms in total. The van der Waals surface area contributed by atoms with Gasteiger partial charge in [-0.1, -0.05) is 29.8 Å². The van der Waals surface area contributed by atoms with Gasteiger partial charge in [-0.25, -0.2) is 0 Å². The van der Waals surface area contributed by atoms with Crippen molar-refractivity contribution >= 4 is 0 Å². The molecule has 1 aliphatic heterocycles. The zero-order chi connectivity index (χ0) is 15.8. The molecule has 1 fully saturated rings. The Balaban J connectivity index is 1.63. The third-order valence-corrected chi connectivity index (χ3v) is 4.87. The molecular formula is C19H32N2O. The third kappa shape index (κ3) is 5.71. The summed E-state index contributed by atoms with van der Waals surface area (Å²) in [6.07, 6.45) is 5.89. The summed E-state index contributed by atoms with van der Waals surface area (Å²) in [4.78, 5) is 5.05. The second-order valence-corrected chi connectivity index (χ2v) is 6.72. The first-order valence-corrected chi connectivity index (χ1v) is 8.78. The highest BCUT2D eigenvalue weighted by molar-refractivity contribution is 5.22. The summed E-state index contributed by atoms with van der Waals surface area (Å²) in [5.41, 5.74) is 2.84. The van der Waals surface area contributed by atoms with Crippen molar-refractivity contribution in [3.8, 4) is 0 Å². The lowest BCUT2D eigenvalue weighted by atomic mass is 10.0. The number of benzene rings is 1. The molecule has 0 atom stereocenters. The first-order valence-electron chi connectivity index (χ1n) is 8.78. The highest BCUT2D eigenvalue weighted by Gasteiger charge is 2.21. The summed E-state index contributed by atoms with van der Waals surface area (Å²) in [6.45, 7) is 7.17. The normalized spacial score (nSPS) is 17.3. The zero-order valence-corrected chi connectivity index (χ0v) is 14.3. The lowest BCUT2D eigenvalue weighted by molar-refractivity contribution is 0.121. The Hall–Kier alpha value is -0.900. The Labute approximate surface area is 135 Å². The van der Waals surface area contributed by atoms with Crippen LogP contribution in [0.2, 0.25) is 0 Å². The fourth-order valence-corrected chi connectivity index (χ4v) is 3.46. The maximum absolute atomic E-state index is 8.93. The SMILES string of the molecule is Cc1cccc(CCCN2CCC(N(C)CCCO)CC2)c1. The highest BCUT2D eigenvalue weighted by Crippen LogP contribution is 2.16. The first kappa shape index (κ1) is 17.5. The summed E-state index contributed by atoms with van der Waals surface area (Å²) in [6, 6.07) is 9.59. The monoisotopic (exact) mass is 304 g/mol. The van der Waals surface area contributed by atoms with Crippen LogP contribution in [0, 0.1) is 6.92 Å². The molecule has 1 saturated heterocycles. The Kier molecular flexibility index (Phi) is 7.37. The predicted molar refractivity (Wildman–Crippen MR) is 93.3 cm³/mol. The van der Waals surface area contributed by atoms with Crippen LogP contribution >= 0.6 is 0 Å². The quantitative estimate of drug-likeness (QED) is 0.800. The van der Waals surface area contributed by atoms with Gasteiger partial charge < -0.3 is 14.9 Å². The standard InChI is InChI=1S/C19H32N2O/c1-17-6-3-7-18(16-17)8-4-12-21-13-9-19(10-14-21)20(2)11-5-15-22/h3,6-7,16,19,22H,4-5,8-15H2,1-2H3. The molecule has 2 rings (SSSR count). The van der Waals surface area contributed by atoms with Gasteiger partial charge in [-0.15, -0.1) is 0 Å². The van der Waals surface area contributed by atoms with Gasteiger partial charge in [-0.2, -0.15) is 0 Å². The minimum atomic E-state index is 0.308. The van der Waals surface area contributed by atoms with E-state index in [0.717, 1.165) is 13.0 Å². The summed E-state index contributed by atoms with van der Waals surface area (Å²) in [5, 5.41) is 8.93. The van der Waals surface area contributed by atoms with Gasteiger partial charge in [0.05, 0.1) is 0 Å². The van der Waals surface area contributed by atoms with E-state index in [2.05, 4.69) is 48.0 Å². The van der Waals surface area contributed by atoms with E-state index in [1.807, 2.05) is 0 Å². The average Bonchev–Trinajstić information content (AvgIpc) is 2.53. The Morgan fingerprint density at radius 1 is 1.23 bits per heavy atom. The van der Waals surface area contributed by atoms with Crippen LogP contribution in [-0.4, -0.2) is 60.8 Å². The van der Waals surface area contributed by atoms with Crippen LogP contribution in [0.25, 0.3) is 0 Å². The lowest BCUT2D eigenvalue weighted by Crippen LogP contribution is -2.44. The smallest absolute Gasteiger partial charge is 0.0443 e. The van der Waals surface area contributed by atoms with E-state index in [1.165, 1.54) is 56.4 Å². The number of rotatable bonds is 8. The van der Waals surface area contributed by atoms with E-state index < -0.39 is 0 Å². The van der Waals surface area contributed by atoms with Crippen molar-refractivity contribution in [2.75, 3.05) is 39.8 Å². The van der Waals surface area contributed by atoms with Crippen molar-refractivity contribution in [3.63, 3.8) is 0 Å². The van der Waals surface area contributed by atoms with Crippen molar-refractivity contribution in [3.05, 3.63) is 35.4 Å². The Morgan fingerprint density at radius 2 is 2.00 bits per heavy atom. The fraction of sp³-hybridized carbons (Fsp3) is 0.684. The number of aliphatic hydroxyl groups is 1. The van der Waals surface area contributed by atoms with Gasteiger partial charge in [0.1, 0.15) is 0 Å². The van der Waals surface area contributed by atoms with Crippen LogP contribution in [0.1, 0.15) is 36.8 Å². The zero-order valence-electron chi connectivity index (χ0n) is 14.3. The molecule has 3 heteroatoms. The molecule has 1 aliphatic rings. The summed E-state index contributed by atoms with van der Waals surface area (Å²) >= 11 is 0. The fourth-order valence-electron chi connectivity index (χ4n) is 3.46. The molecule has 0 amide bonds. The molecular weight excluding hydrogens is 272 g/mol. The minimum Gasteiger partial charge on any atom is -0.396 e. The molecule has 1 aromatic carbocycles. The number of aryl methyl sites for hydroxylation is 2. The van der Waals surface area contributed by atoms with Gasteiger partial charge in [-0.05, 0) is 71.3 Å². The van der Waals surface area contributed by atoms with Gasteiger partial charge in [-0.3, -0.25) is 0 Å². The maximum atomic E-state index is 8.93. The van der Waals surface area contributed by atoms with Gasteiger partial charge in [0, 0.05) is 19.2 Å².